The minimum Gasteiger partial charge on any atom is -0.394 e. The van der Waals surface area contributed by atoms with E-state index in [-0.39, 0.29) is 13.2 Å². The predicted octanol–water partition coefficient (Wildman–Crippen LogP) is 3.42. The Kier molecular flexibility index (Phi) is 6.87. The van der Waals surface area contributed by atoms with Gasteiger partial charge in [-0.3, -0.25) is 9.69 Å². The SMILES string of the molecule is CC(OCCO)N(C=O)c1ccc(-c2cc(-c3cccc(Br)c3)c3c(N)ncnc3n2)cn1. The van der Waals surface area contributed by atoms with Gasteiger partial charge in [0.1, 0.15) is 24.2 Å². The summed E-state index contributed by atoms with van der Waals surface area (Å²) in [5, 5.41) is 9.61. The van der Waals surface area contributed by atoms with Crippen molar-refractivity contribution in [3.63, 3.8) is 0 Å². The van der Waals surface area contributed by atoms with Crippen molar-refractivity contribution >= 4 is 45.0 Å². The Morgan fingerprint density at radius 3 is 2.73 bits per heavy atom. The fraction of sp³-hybridized carbons (Fsp3) is 0.174. The van der Waals surface area contributed by atoms with Gasteiger partial charge in [-0.2, -0.15) is 0 Å². The lowest BCUT2D eigenvalue weighted by atomic mass is 10.0. The number of halogens is 1. The smallest absolute Gasteiger partial charge is 0.217 e. The fourth-order valence-corrected chi connectivity index (χ4v) is 3.84. The van der Waals surface area contributed by atoms with Crippen LogP contribution in [0.1, 0.15) is 6.92 Å². The lowest BCUT2D eigenvalue weighted by Gasteiger charge is -2.24. The molecule has 168 valence electrons. The van der Waals surface area contributed by atoms with Gasteiger partial charge in [-0.1, -0.05) is 28.1 Å². The van der Waals surface area contributed by atoms with E-state index < -0.39 is 6.23 Å². The number of nitrogens with zero attached hydrogens (tertiary/aromatic N) is 5. The molecule has 0 bridgehead atoms. The highest BCUT2D eigenvalue weighted by molar-refractivity contribution is 9.10. The van der Waals surface area contributed by atoms with Crippen LogP contribution in [0, 0.1) is 0 Å². The number of rotatable bonds is 8. The highest BCUT2D eigenvalue weighted by Crippen LogP contribution is 2.34. The van der Waals surface area contributed by atoms with E-state index in [2.05, 4.69) is 35.9 Å². The number of amides is 1. The van der Waals surface area contributed by atoms with Crippen LogP contribution in [0.4, 0.5) is 11.6 Å². The average molecular weight is 509 g/mol. The van der Waals surface area contributed by atoms with Crippen molar-refractivity contribution in [1.82, 2.24) is 19.9 Å². The molecule has 0 saturated heterocycles. The monoisotopic (exact) mass is 508 g/mol. The van der Waals surface area contributed by atoms with Gasteiger partial charge >= 0.3 is 0 Å². The van der Waals surface area contributed by atoms with E-state index in [1.165, 1.54) is 11.2 Å². The molecule has 0 spiro atoms. The molecular formula is C23H21BrN6O3. The number of hydrogen-bond acceptors (Lipinski definition) is 8. The second-order valence-corrected chi connectivity index (χ2v) is 8.05. The van der Waals surface area contributed by atoms with Crippen LogP contribution < -0.4 is 10.6 Å². The number of nitrogen functional groups attached to an aromatic ring is 1. The minimum atomic E-state index is -0.574. The van der Waals surface area contributed by atoms with Crippen LogP contribution in [-0.4, -0.2) is 50.9 Å². The first-order valence-electron chi connectivity index (χ1n) is 10.1. The number of benzene rings is 1. The second-order valence-electron chi connectivity index (χ2n) is 7.13. The molecule has 9 nitrogen and oxygen atoms in total. The Labute approximate surface area is 198 Å². The van der Waals surface area contributed by atoms with Crippen LogP contribution in [0.5, 0.6) is 0 Å². The molecule has 33 heavy (non-hydrogen) atoms. The van der Waals surface area contributed by atoms with E-state index in [0.717, 1.165) is 21.2 Å². The maximum Gasteiger partial charge on any atom is 0.217 e. The summed E-state index contributed by atoms with van der Waals surface area (Å²) in [6.07, 6.45) is 3.09. The van der Waals surface area contributed by atoms with Crippen molar-refractivity contribution in [2.75, 3.05) is 23.8 Å². The average Bonchev–Trinajstić information content (AvgIpc) is 2.83. The molecule has 3 heterocycles. The van der Waals surface area contributed by atoms with Crippen molar-refractivity contribution in [2.45, 2.75) is 13.2 Å². The number of carbonyl (C=O) groups excluding carboxylic acids is 1. The molecule has 0 aliphatic heterocycles. The molecule has 4 aromatic rings. The molecule has 4 rings (SSSR count). The molecular weight excluding hydrogens is 488 g/mol. The standard InChI is InChI=1S/C23H21BrN6O3/c1-14(33-8-7-31)30(13-32)20-6-5-16(11-26-20)19-10-18(15-3-2-4-17(24)9-15)21-22(25)27-12-28-23(21)29-19/h2-6,9-14,31H,7-8H2,1H3,(H2,25,27,28,29). The Balaban J connectivity index is 1.77. The number of aliphatic hydroxyl groups excluding tert-OH is 1. The maximum atomic E-state index is 11.6. The Bertz CT molecular complexity index is 1290. The van der Waals surface area contributed by atoms with E-state index in [1.54, 1.807) is 19.2 Å². The van der Waals surface area contributed by atoms with E-state index in [9.17, 15) is 4.79 Å². The minimum absolute atomic E-state index is 0.119. The van der Waals surface area contributed by atoms with Crippen molar-refractivity contribution in [2.24, 2.45) is 0 Å². The normalized spacial score (nSPS) is 12.0. The number of carbonyl (C=O) groups is 1. The molecule has 0 aliphatic carbocycles. The molecule has 0 saturated carbocycles. The molecule has 10 heteroatoms. The second kappa shape index (κ2) is 9.99. The largest absolute Gasteiger partial charge is 0.394 e. The quantitative estimate of drug-likeness (QED) is 0.273. The zero-order valence-corrected chi connectivity index (χ0v) is 19.3. The van der Waals surface area contributed by atoms with Gasteiger partial charge in [0.05, 0.1) is 24.3 Å². The van der Waals surface area contributed by atoms with Gasteiger partial charge in [-0.05, 0) is 48.4 Å². The van der Waals surface area contributed by atoms with Crippen LogP contribution in [-0.2, 0) is 9.53 Å². The number of nitrogens with two attached hydrogens (primary N) is 1. The summed E-state index contributed by atoms with van der Waals surface area (Å²) < 4.78 is 6.34. The van der Waals surface area contributed by atoms with Crippen molar-refractivity contribution < 1.29 is 14.6 Å². The molecule has 3 aromatic heterocycles. The predicted molar refractivity (Wildman–Crippen MR) is 129 cm³/mol. The van der Waals surface area contributed by atoms with Crippen LogP contribution in [0.2, 0.25) is 0 Å². The molecule has 0 aliphatic rings. The highest BCUT2D eigenvalue weighted by Gasteiger charge is 2.17. The summed E-state index contributed by atoms with van der Waals surface area (Å²) in [4.78, 5) is 30.5. The fourth-order valence-electron chi connectivity index (χ4n) is 3.44. The summed E-state index contributed by atoms with van der Waals surface area (Å²) in [5.74, 6) is 0.764. The Morgan fingerprint density at radius 2 is 2.03 bits per heavy atom. The van der Waals surface area contributed by atoms with Gasteiger partial charge < -0.3 is 15.6 Å². The summed E-state index contributed by atoms with van der Waals surface area (Å²) in [6.45, 7) is 1.69. The number of fused-ring (bicyclic) bond motifs is 1. The van der Waals surface area contributed by atoms with Gasteiger partial charge in [0.2, 0.25) is 6.41 Å². The number of pyridine rings is 2. The molecule has 1 amide bonds. The molecule has 3 N–H and O–H groups in total. The van der Waals surface area contributed by atoms with Crippen molar-refractivity contribution in [1.29, 1.82) is 0 Å². The molecule has 1 aromatic carbocycles. The van der Waals surface area contributed by atoms with E-state index in [4.69, 9.17) is 15.6 Å². The molecule has 0 radical (unpaired) electrons. The lowest BCUT2D eigenvalue weighted by Crippen LogP contribution is -2.35. The van der Waals surface area contributed by atoms with Gasteiger partial charge in [0.25, 0.3) is 0 Å². The Hall–Kier alpha value is -3.47. The molecule has 0 fully saturated rings. The maximum absolute atomic E-state index is 11.6. The Morgan fingerprint density at radius 1 is 1.18 bits per heavy atom. The number of hydrogen-bond donors (Lipinski definition) is 2. The van der Waals surface area contributed by atoms with E-state index in [0.29, 0.717) is 34.8 Å². The third-order valence-electron chi connectivity index (χ3n) is 5.03. The van der Waals surface area contributed by atoms with Gasteiger partial charge in [-0.15, -0.1) is 0 Å². The first-order valence-corrected chi connectivity index (χ1v) is 10.9. The van der Waals surface area contributed by atoms with Gasteiger partial charge in [-0.25, -0.2) is 19.9 Å². The summed E-state index contributed by atoms with van der Waals surface area (Å²) in [6, 6.07) is 13.3. The number of ether oxygens (including phenoxy) is 1. The van der Waals surface area contributed by atoms with Crippen molar-refractivity contribution in [3.05, 3.63) is 59.5 Å². The summed E-state index contributed by atoms with van der Waals surface area (Å²) >= 11 is 3.52. The number of aliphatic hydroxyl groups is 1. The molecule has 1 atom stereocenters. The number of aromatic nitrogens is 4. The summed E-state index contributed by atoms with van der Waals surface area (Å²) in [5.41, 5.74) is 9.82. The van der Waals surface area contributed by atoms with Crippen LogP contribution in [0.25, 0.3) is 33.4 Å². The highest BCUT2D eigenvalue weighted by atomic mass is 79.9. The lowest BCUT2D eigenvalue weighted by molar-refractivity contribution is -0.110. The zero-order chi connectivity index (χ0) is 23.4. The van der Waals surface area contributed by atoms with Crippen LogP contribution >= 0.6 is 15.9 Å². The first-order chi connectivity index (χ1) is 16.0. The van der Waals surface area contributed by atoms with E-state index >= 15 is 0 Å². The third-order valence-corrected chi connectivity index (χ3v) is 5.53. The first kappa shape index (κ1) is 22.7. The van der Waals surface area contributed by atoms with Gasteiger partial charge in [0, 0.05) is 16.2 Å². The van der Waals surface area contributed by atoms with Gasteiger partial charge in [0.15, 0.2) is 5.65 Å². The topological polar surface area (TPSA) is 127 Å². The molecule has 1 unspecified atom stereocenters. The van der Waals surface area contributed by atoms with Crippen molar-refractivity contribution in [3.8, 4) is 22.4 Å². The van der Waals surface area contributed by atoms with E-state index in [1.807, 2.05) is 36.4 Å². The van der Waals surface area contributed by atoms with Crippen LogP contribution in [0.15, 0.2) is 59.5 Å². The third kappa shape index (κ3) is 4.82. The number of anilines is 2. The zero-order valence-electron chi connectivity index (χ0n) is 17.7. The summed E-state index contributed by atoms with van der Waals surface area (Å²) in [7, 11) is 0. The van der Waals surface area contributed by atoms with Crippen LogP contribution in [0.3, 0.4) is 0 Å².